The summed E-state index contributed by atoms with van der Waals surface area (Å²) in [5, 5.41) is 15.6. The lowest BCUT2D eigenvalue weighted by atomic mass is 9.97. The molecule has 6 rings (SSSR count). The van der Waals surface area contributed by atoms with Gasteiger partial charge in [-0.3, -0.25) is 0 Å². The molecule has 6 aromatic rings. The Morgan fingerprint density at radius 1 is 0.514 bits per heavy atom. The minimum Gasteiger partial charge on any atom is -0.324 e. The van der Waals surface area contributed by atoms with Crippen LogP contribution in [-0.2, 0) is 0 Å². The highest BCUT2D eigenvalue weighted by Crippen LogP contribution is 2.27. The number of aromatic nitrogens is 3. The molecule has 0 atom stereocenters. The van der Waals surface area contributed by atoms with E-state index in [-0.39, 0.29) is 0 Å². The minimum absolute atomic E-state index is 0.313. The Balaban J connectivity index is 1.34. The lowest BCUT2D eigenvalue weighted by molar-refractivity contribution is 1.04. The Morgan fingerprint density at radius 2 is 0.973 bits per heavy atom. The average Bonchev–Trinajstić information content (AvgIpc) is 2.94. The molecule has 0 fully saturated rings. The summed E-state index contributed by atoms with van der Waals surface area (Å²) in [6, 6.07) is 38.3. The number of para-hydroxylation sites is 2. The van der Waals surface area contributed by atoms with Crippen molar-refractivity contribution < 1.29 is 0 Å². The van der Waals surface area contributed by atoms with Crippen molar-refractivity contribution in [3.63, 3.8) is 0 Å². The molecule has 5 aromatic carbocycles. The molecule has 0 saturated carbocycles. The van der Waals surface area contributed by atoms with Crippen LogP contribution in [0, 0.1) is 0 Å². The van der Waals surface area contributed by atoms with Crippen molar-refractivity contribution in [3.8, 4) is 0 Å². The molecule has 0 aliphatic carbocycles. The fraction of sp³-hybridized carbons (Fsp3) is 0. The molecule has 7 nitrogen and oxygen atoms in total. The van der Waals surface area contributed by atoms with E-state index in [1.165, 1.54) is 0 Å². The van der Waals surface area contributed by atoms with Crippen molar-refractivity contribution in [3.05, 3.63) is 121 Å². The van der Waals surface area contributed by atoms with E-state index in [0.717, 1.165) is 38.5 Å². The second kappa shape index (κ2) is 10.1. The summed E-state index contributed by atoms with van der Waals surface area (Å²) in [5.74, 6) is 1.11. The molecule has 0 amide bonds. The third kappa shape index (κ3) is 5.06. The van der Waals surface area contributed by atoms with Gasteiger partial charge in [0.05, 0.1) is 6.21 Å². The number of benzene rings is 5. The van der Waals surface area contributed by atoms with Crippen molar-refractivity contribution in [2.75, 3.05) is 16.1 Å². The first-order valence-corrected chi connectivity index (χ1v) is 11.9. The van der Waals surface area contributed by atoms with Gasteiger partial charge in [0.1, 0.15) is 0 Å². The number of hydrogen-bond donors (Lipinski definition) is 3. The second-order valence-electron chi connectivity index (χ2n) is 8.39. The van der Waals surface area contributed by atoms with E-state index in [2.05, 4.69) is 66.4 Å². The van der Waals surface area contributed by atoms with E-state index in [1.54, 1.807) is 0 Å². The number of hydrazone groups is 1. The molecule has 7 heteroatoms. The number of hydrogen-bond acceptors (Lipinski definition) is 7. The maximum atomic E-state index is 4.54. The molecule has 1 heterocycles. The van der Waals surface area contributed by atoms with Gasteiger partial charge in [-0.1, -0.05) is 84.9 Å². The number of nitrogens with one attached hydrogen (secondary N) is 3. The van der Waals surface area contributed by atoms with Gasteiger partial charge in [0.2, 0.25) is 17.8 Å². The Bertz CT molecular complexity index is 1590. The molecule has 1 aromatic heterocycles. The van der Waals surface area contributed by atoms with Crippen LogP contribution in [0.3, 0.4) is 0 Å². The van der Waals surface area contributed by atoms with Gasteiger partial charge in [-0.2, -0.15) is 20.1 Å². The van der Waals surface area contributed by atoms with E-state index in [0.29, 0.717) is 17.8 Å². The first kappa shape index (κ1) is 22.2. The summed E-state index contributed by atoms with van der Waals surface area (Å²) in [4.78, 5) is 13.6. The van der Waals surface area contributed by atoms with Crippen molar-refractivity contribution in [2.45, 2.75) is 0 Å². The summed E-state index contributed by atoms with van der Waals surface area (Å²) < 4.78 is 0. The fourth-order valence-electron chi connectivity index (χ4n) is 4.18. The maximum Gasteiger partial charge on any atom is 0.250 e. The van der Waals surface area contributed by atoms with Crippen LogP contribution in [0.1, 0.15) is 5.56 Å². The summed E-state index contributed by atoms with van der Waals surface area (Å²) in [6.07, 6.45) is 1.82. The summed E-state index contributed by atoms with van der Waals surface area (Å²) in [5.41, 5.74) is 5.77. The van der Waals surface area contributed by atoms with Crippen LogP contribution in [0.4, 0.5) is 29.2 Å². The highest BCUT2D eigenvalue weighted by atomic mass is 15.4. The molecule has 0 aliphatic heterocycles. The van der Waals surface area contributed by atoms with E-state index in [1.807, 2.05) is 91.1 Å². The third-order valence-electron chi connectivity index (χ3n) is 5.87. The van der Waals surface area contributed by atoms with E-state index < -0.39 is 0 Å². The average molecular weight is 482 g/mol. The van der Waals surface area contributed by atoms with Gasteiger partial charge < -0.3 is 10.6 Å². The third-order valence-corrected chi connectivity index (χ3v) is 5.87. The predicted molar refractivity (Wildman–Crippen MR) is 152 cm³/mol. The van der Waals surface area contributed by atoms with Gasteiger partial charge in [-0.15, -0.1) is 0 Å². The monoisotopic (exact) mass is 481 g/mol. The first-order chi connectivity index (χ1) is 18.3. The van der Waals surface area contributed by atoms with Crippen LogP contribution in [0.15, 0.2) is 120 Å². The van der Waals surface area contributed by atoms with Crippen LogP contribution >= 0.6 is 0 Å². The lowest BCUT2D eigenvalue weighted by Gasteiger charge is -2.10. The molecule has 178 valence electrons. The number of rotatable bonds is 7. The SMILES string of the molecule is C(=N\Nc1nc(Nc2ccccc2)nc(Nc2ccccc2)n1)/c1c2ccccc2cc2ccccc12. The first-order valence-electron chi connectivity index (χ1n) is 11.9. The normalized spacial score (nSPS) is 11.1. The molecule has 0 unspecified atom stereocenters. The van der Waals surface area contributed by atoms with E-state index in [4.69, 9.17) is 0 Å². The van der Waals surface area contributed by atoms with Crippen molar-refractivity contribution in [2.24, 2.45) is 5.10 Å². The summed E-state index contributed by atoms with van der Waals surface area (Å²) in [7, 11) is 0. The van der Waals surface area contributed by atoms with Crippen LogP contribution in [0.5, 0.6) is 0 Å². The highest BCUT2D eigenvalue weighted by Gasteiger charge is 2.09. The van der Waals surface area contributed by atoms with Crippen molar-refractivity contribution >= 4 is 57.0 Å². The van der Waals surface area contributed by atoms with Gasteiger partial charge in [-0.05, 0) is 51.9 Å². The zero-order valence-corrected chi connectivity index (χ0v) is 19.8. The molecule has 0 bridgehead atoms. The lowest BCUT2D eigenvalue weighted by Crippen LogP contribution is -2.07. The largest absolute Gasteiger partial charge is 0.324 e. The zero-order chi connectivity index (χ0) is 24.9. The number of anilines is 5. The Labute approximate surface area is 214 Å². The minimum atomic E-state index is 0.313. The van der Waals surface area contributed by atoms with Crippen molar-refractivity contribution in [1.82, 2.24) is 15.0 Å². The second-order valence-corrected chi connectivity index (χ2v) is 8.39. The van der Waals surface area contributed by atoms with Gasteiger partial charge in [0.15, 0.2) is 0 Å². The molecule has 0 spiro atoms. The Morgan fingerprint density at radius 3 is 1.51 bits per heavy atom. The quantitative estimate of drug-likeness (QED) is 0.128. The molecular weight excluding hydrogens is 458 g/mol. The molecule has 3 N–H and O–H groups in total. The van der Waals surface area contributed by atoms with Gasteiger partial charge in [0, 0.05) is 16.9 Å². The Hall–Kier alpha value is -5.30. The maximum absolute atomic E-state index is 4.54. The Kier molecular flexibility index (Phi) is 6.07. The number of fused-ring (bicyclic) bond motifs is 2. The van der Waals surface area contributed by atoms with Gasteiger partial charge >= 0.3 is 0 Å². The van der Waals surface area contributed by atoms with E-state index >= 15 is 0 Å². The van der Waals surface area contributed by atoms with Crippen LogP contribution in [0.2, 0.25) is 0 Å². The van der Waals surface area contributed by atoms with Gasteiger partial charge in [-0.25, -0.2) is 5.43 Å². The zero-order valence-electron chi connectivity index (χ0n) is 19.8. The summed E-state index contributed by atoms with van der Waals surface area (Å²) >= 11 is 0. The molecule has 0 radical (unpaired) electrons. The predicted octanol–water partition coefficient (Wildman–Crippen LogP) is 7.11. The molecule has 0 saturated heterocycles. The van der Waals surface area contributed by atoms with Crippen LogP contribution in [0.25, 0.3) is 21.5 Å². The number of nitrogens with zero attached hydrogens (tertiary/aromatic N) is 4. The van der Waals surface area contributed by atoms with Crippen molar-refractivity contribution in [1.29, 1.82) is 0 Å². The molecular formula is C30H23N7. The topological polar surface area (TPSA) is 87.1 Å². The summed E-state index contributed by atoms with van der Waals surface area (Å²) in [6.45, 7) is 0. The van der Waals surface area contributed by atoms with E-state index in [9.17, 15) is 0 Å². The highest BCUT2D eigenvalue weighted by molar-refractivity contribution is 6.13. The molecule has 37 heavy (non-hydrogen) atoms. The standard InChI is InChI=1S/C30H23N7/c1-3-13-23(14-4-1)32-28-34-29(33-24-15-5-2-6-16-24)36-30(35-28)37-31-20-27-25-17-9-7-11-21(25)19-22-12-8-10-18-26(22)27/h1-20H,(H3,32,33,34,35,36,37)/b31-20+. The van der Waals surface area contributed by atoms with Crippen LogP contribution in [-0.4, -0.2) is 21.2 Å². The fourth-order valence-corrected chi connectivity index (χ4v) is 4.18. The van der Waals surface area contributed by atoms with Gasteiger partial charge in [0.25, 0.3) is 0 Å². The smallest absolute Gasteiger partial charge is 0.250 e. The molecule has 0 aliphatic rings. The van der Waals surface area contributed by atoms with Crippen LogP contribution < -0.4 is 16.1 Å².